The Kier molecular flexibility index (Phi) is 6.79. The first kappa shape index (κ1) is 15.3. The number of rotatable bonds is 8. The van der Waals surface area contributed by atoms with Crippen molar-refractivity contribution < 1.29 is 9.94 Å². The van der Waals surface area contributed by atoms with Crippen LogP contribution in [-0.2, 0) is 0 Å². The molecule has 1 aromatic rings. The topological polar surface area (TPSA) is 67.8 Å². The third-order valence-electron chi connectivity index (χ3n) is 3.29. The Labute approximate surface area is 115 Å². The van der Waals surface area contributed by atoms with Crippen LogP contribution in [0.2, 0.25) is 0 Å². The summed E-state index contributed by atoms with van der Waals surface area (Å²) in [5.74, 6) is 1.31. The maximum absolute atomic E-state index is 8.76. The maximum atomic E-state index is 8.76. The molecule has 3 N–H and O–H groups in total. The minimum atomic E-state index is 0.0807. The molecule has 0 amide bonds. The Hall–Kier alpha value is -1.71. The van der Waals surface area contributed by atoms with Gasteiger partial charge in [0.05, 0.1) is 12.2 Å². The molecule has 1 atom stereocenters. The zero-order valence-corrected chi connectivity index (χ0v) is 11.8. The van der Waals surface area contributed by atoms with E-state index in [1.54, 1.807) is 6.07 Å². The van der Waals surface area contributed by atoms with E-state index >= 15 is 0 Å². The monoisotopic (exact) mass is 264 g/mol. The second-order valence-corrected chi connectivity index (χ2v) is 4.71. The van der Waals surface area contributed by atoms with Crippen LogP contribution in [0.25, 0.3) is 0 Å². The first-order valence-corrected chi connectivity index (χ1v) is 6.92. The maximum Gasteiger partial charge on any atom is 0.173 e. The van der Waals surface area contributed by atoms with Crippen molar-refractivity contribution in [3.05, 3.63) is 29.8 Å². The Balaban J connectivity index is 2.66. The third kappa shape index (κ3) is 4.81. The van der Waals surface area contributed by atoms with Gasteiger partial charge < -0.3 is 15.7 Å². The minimum Gasteiger partial charge on any atom is -0.493 e. The minimum absolute atomic E-state index is 0.0807. The summed E-state index contributed by atoms with van der Waals surface area (Å²) < 4.78 is 5.84. The largest absolute Gasteiger partial charge is 0.493 e. The number of amidine groups is 1. The highest BCUT2D eigenvalue weighted by Crippen LogP contribution is 2.20. The fraction of sp³-hybridized carbons (Fsp3) is 0.533. The Morgan fingerprint density at radius 2 is 2.11 bits per heavy atom. The van der Waals surface area contributed by atoms with Crippen molar-refractivity contribution in [3.8, 4) is 5.75 Å². The molecule has 0 spiro atoms. The van der Waals surface area contributed by atoms with E-state index in [2.05, 4.69) is 19.0 Å². The van der Waals surface area contributed by atoms with E-state index in [0.717, 1.165) is 6.42 Å². The van der Waals surface area contributed by atoms with Crippen LogP contribution < -0.4 is 10.5 Å². The third-order valence-corrected chi connectivity index (χ3v) is 3.29. The fourth-order valence-electron chi connectivity index (χ4n) is 1.96. The number of benzene rings is 1. The van der Waals surface area contributed by atoms with Gasteiger partial charge in [-0.1, -0.05) is 50.4 Å². The first-order chi connectivity index (χ1) is 9.22. The summed E-state index contributed by atoms with van der Waals surface area (Å²) in [6, 6.07) is 7.36. The molecule has 1 unspecified atom stereocenters. The van der Waals surface area contributed by atoms with Gasteiger partial charge in [-0.3, -0.25) is 0 Å². The molecular weight excluding hydrogens is 240 g/mol. The molecule has 0 saturated heterocycles. The summed E-state index contributed by atoms with van der Waals surface area (Å²) in [6.45, 7) is 5.05. The van der Waals surface area contributed by atoms with Crippen molar-refractivity contribution in [2.24, 2.45) is 16.8 Å². The Bertz CT molecular complexity index is 405. The molecule has 19 heavy (non-hydrogen) atoms. The highest BCUT2D eigenvalue weighted by atomic mass is 16.5. The smallest absolute Gasteiger partial charge is 0.173 e. The lowest BCUT2D eigenvalue weighted by atomic mass is 10.0. The van der Waals surface area contributed by atoms with Gasteiger partial charge in [-0.25, -0.2) is 0 Å². The lowest BCUT2D eigenvalue weighted by molar-refractivity contribution is 0.233. The molecule has 0 aromatic heterocycles. The fourth-order valence-corrected chi connectivity index (χ4v) is 1.96. The number of ether oxygens (including phenoxy) is 1. The molecule has 106 valence electrons. The van der Waals surface area contributed by atoms with Gasteiger partial charge in [0.25, 0.3) is 0 Å². The lowest BCUT2D eigenvalue weighted by Crippen LogP contribution is -2.17. The van der Waals surface area contributed by atoms with Gasteiger partial charge in [-0.05, 0) is 24.5 Å². The molecular formula is C15H24N2O2. The van der Waals surface area contributed by atoms with Crippen LogP contribution >= 0.6 is 0 Å². The summed E-state index contributed by atoms with van der Waals surface area (Å²) in [5, 5.41) is 11.8. The zero-order chi connectivity index (χ0) is 14.1. The first-order valence-electron chi connectivity index (χ1n) is 6.92. The molecule has 0 fully saturated rings. The van der Waals surface area contributed by atoms with Crippen LogP contribution in [0.4, 0.5) is 0 Å². The summed E-state index contributed by atoms with van der Waals surface area (Å²) >= 11 is 0. The number of para-hydroxylation sites is 1. The van der Waals surface area contributed by atoms with Gasteiger partial charge >= 0.3 is 0 Å². The van der Waals surface area contributed by atoms with Gasteiger partial charge in [0.1, 0.15) is 5.75 Å². The Morgan fingerprint density at radius 1 is 1.37 bits per heavy atom. The van der Waals surface area contributed by atoms with Crippen LogP contribution in [0, 0.1) is 5.92 Å². The zero-order valence-electron chi connectivity index (χ0n) is 11.8. The van der Waals surface area contributed by atoms with E-state index < -0.39 is 0 Å². The highest BCUT2D eigenvalue weighted by Gasteiger charge is 2.11. The standard InChI is InChI=1S/C15H24N2O2/c1-3-5-8-12(4-2)11-19-14-10-7-6-9-13(14)15(16)17-18/h6-7,9-10,12,18H,3-5,8,11H2,1-2H3,(H2,16,17). The summed E-state index contributed by atoms with van der Waals surface area (Å²) in [7, 11) is 0. The van der Waals surface area contributed by atoms with Crippen molar-refractivity contribution in [2.75, 3.05) is 6.61 Å². The van der Waals surface area contributed by atoms with E-state index in [1.807, 2.05) is 18.2 Å². The van der Waals surface area contributed by atoms with Gasteiger partial charge in [-0.15, -0.1) is 0 Å². The summed E-state index contributed by atoms with van der Waals surface area (Å²) in [4.78, 5) is 0. The van der Waals surface area contributed by atoms with Crippen LogP contribution in [0.15, 0.2) is 29.4 Å². The van der Waals surface area contributed by atoms with Crippen molar-refractivity contribution in [3.63, 3.8) is 0 Å². The van der Waals surface area contributed by atoms with E-state index in [9.17, 15) is 0 Å². The normalized spacial score (nSPS) is 13.3. The number of hydrogen-bond acceptors (Lipinski definition) is 3. The van der Waals surface area contributed by atoms with E-state index in [1.165, 1.54) is 19.3 Å². The van der Waals surface area contributed by atoms with Crippen LogP contribution in [-0.4, -0.2) is 17.6 Å². The average molecular weight is 264 g/mol. The SMILES string of the molecule is CCCCC(CC)COc1ccccc1/C(N)=N/O. The van der Waals surface area contributed by atoms with Crippen LogP contribution in [0.1, 0.15) is 45.1 Å². The molecule has 0 aliphatic heterocycles. The molecule has 0 heterocycles. The predicted octanol–water partition coefficient (Wildman–Crippen LogP) is 3.38. The number of oxime groups is 1. The van der Waals surface area contributed by atoms with Gasteiger partial charge in [0.2, 0.25) is 0 Å². The molecule has 1 aromatic carbocycles. The van der Waals surface area contributed by atoms with Gasteiger partial charge in [0.15, 0.2) is 5.84 Å². The van der Waals surface area contributed by atoms with Crippen LogP contribution in [0.3, 0.4) is 0 Å². The predicted molar refractivity (Wildman–Crippen MR) is 77.8 cm³/mol. The quantitative estimate of drug-likeness (QED) is 0.327. The van der Waals surface area contributed by atoms with E-state index in [-0.39, 0.29) is 5.84 Å². The van der Waals surface area contributed by atoms with Crippen molar-refractivity contribution in [1.82, 2.24) is 0 Å². The van der Waals surface area contributed by atoms with Crippen molar-refractivity contribution >= 4 is 5.84 Å². The van der Waals surface area contributed by atoms with Crippen molar-refractivity contribution in [2.45, 2.75) is 39.5 Å². The second-order valence-electron chi connectivity index (χ2n) is 4.71. The number of nitrogens with two attached hydrogens (primary N) is 1. The molecule has 0 aliphatic rings. The number of nitrogens with zero attached hydrogens (tertiary/aromatic N) is 1. The summed E-state index contributed by atoms with van der Waals surface area (Å²) in [6.07, 6.45) is 4.71. The average Bonchev–Trinajstić information content (AvgIpc) is 2.47. The van der Waals surface area contributed by atoms with Crippen LogP contribution in [0.5, 0.6) is 5.75 Å². The molecule has 0 aliphatic carbocycles. The Morgan fingerprint density at radius 3 is 2.74 bits per heavy atom. The van der Waals surface area contributed by atoms with Gasteiger partial charge in [0, 0.05) is 0 Å². The van der Waals surface area contributed by atoms with Crippen molar-refractivity contribution in [1.29, 1.82) is 0 Å². The van der Waals surface area contributed by atoms with E-state index in [4.69, 9.17) is 15.7 Å². The molecule has 0 bridgehead atoms. The molecule has 0 radical (unpaired) electrons. The number of hydrogen-bond donors (Lipinski definition) is 2. The second kappa shape index (κ2) is 8.40. The summed E-state index contributed by atoms with van der Waals surface area (Å²) in [5.41, 5.74) is 6.27. The lowest BCUT2D eigenvalue weighted by Gasteiger charge is -2.17. The van der Waals surface area contributed by atoms with Gasteiger partial charge in [-0.2, -0.15) is 0 Å². The molecule has 1 rings (SSSR count). The number of unbranched alkanes of at least 4 members (excludes halogenated alkanes) is 1. The molecule has 4 nitrogen and oxygen atoms in total. The molecule has 0 saturated carbocycles. The van der Waals surface area contributed by atoms with E-state index in [0.29, 0.717) is 23.8 Å². The molecule has 4 heteroatoms. The highest BCUT2D eigenvalue weighted by molar-refractivity contribution is 5.99.